The van der Waals surface area contributed by atoms with Gasteiger partial charge in [0, 0.05) is 19.1 Å². The molecule has 0 fully saturated rings. The minimum atomic E-state index is -0.103. The predicted octanol–water partition coefficient (Wildman–Crippen LogP) is 2.22. The first-order valence-corrected chi connectivity index (χ1v) is 7.06. The predicted molar refractivity (Wildman–Crippen MR) is 79.4 cm³/mol. The van der Waals surface area contributed by atoms with Crippen molar-refractivity contribution < 1.29 is 9.90 Å². The maximum absolute atomic E-state index is 12.2. The molecule has 4 nitrogen and oxygen atoms in total. The minimum absolute atomic E-state index is 0.0256. The lowest BCUT2D eigenvalue weighted by Gasteiger charge is -2.24. The summed E-state index contributed by atoms with van der Waals surface area (Å²) in [5, 5.41) is 12.1. The Bertz CT molecular complexity index is 460. The third-order valence-electron chi connectivity index (χ3n) is 3.49. The van der Waals surface area contributed by atoms with Crippen molar-refractivity contribution in [3.05, 3.63) is 47.5 Å². The average Bonchev–Trinajstić information content (AvgIpc) is 2.93. The van der Waals surface area contributed by atoms with E-state index in [0.717, 1.165) is 18.4 Å². The van der Waals surface area contributed by atoms with Gasteiger partial charge in [-0.3, -0.25) is 0 Å². The first kappa shape index (κ1) is 14.6. The van der Waals surface area contributed by atoms with Crippen molar-refractivity contribution in [1.29, 1.82) is 0 Å². The lowest BCUT2D eigenvalue weighted by atomic mass is 10.1. The summed E-state index contributed by atoms with van der Waals surface area (Å²) in [6, 6.07) is 8.19. The quantitative estimate of drug-likeness (QED) is 0.809. The first-order valence-electron chi connectivity index (χ1n) is 7.06. The molecular weight excluding hydrogens is 252 g/mol. The van der Waals surface area contributed by atoms with Gasteiger partial charge in [-0.25, -0.2) is 4.79 Å². The van der Waals surface area contributed by atoms with Gasteiger partial charge >= 0.3 is 6.03 Å². The highest BCUT2D eigenvalue weighted by atomic mass is 16.3. The number of amides is 2. The van der Waals surface area contributed by atoms with E-state index in [1.165, 1.54) is 5.56 Å². The van der Waals surface area contributed by atoms with E-state index in [-0.39, 0.29) is 18.7 Å². The van der Waals surface area contributed by atoms with Crippen LogP contribution in [0.4, 0.5) is 4.79 Å². The van der Waals surface area contributed by atoms with Gasteiger partial charge < -0.3 is 15.3 Å². The fraction of sp³-hybridized carbons (Fsp3) is 0.438. The summed E-state index contributed by atoms with van der Waals surface area (Å²) in [4.78, 5) is 13.9. The molecule has 1 aliphatic carbocycles. The number of nitrogens with zero attached hydrogens (tertiary/aromatic N) is 1. The van der Waals surface area contributed by atoms with Crippen LogP contribution in [0.1, 0.15) is 24.0 Å². The van der Waals surface area contributed by atoms with E-state index in [0.29, 0.717) is 13.1 Å². The molecule has 0 saturated carbocycles. The molecule has 20 heavy (non-hydrogen) atoms. The van der Waals surface area contributed by atoms with Crippen molar-refractivity contribution in [3.8, 4) is 0 Å². The van der Waals surface area contributed by atoms with Crippen molar-refractivity contribution in [2.24, 2.45) is 0 Å². The Hall–Kier alpha value is -1.81. The molecule has 2 N–H and O–H groups in total. The zero-order valence-electron chi connectivity index (χ0n) is 11.9. The van der Waals surface area contributed by atoms with E-state index in [9.17, 15) is 4.79 Å². The summed E-state index contributed by atoms with van der Waals surface area (Å²) in [5.74, 6) is 0. The average molecular weight is 274 g/mol. The molecule has 0 saturated heterocycles. The molecule has 1 aliphatic rings. The largest absolute Gasteiger partial charge is 0.395 e. The highest BCUT2D eigenvalue weighted by Crippen LogP contribution is 2.11. The highest BCUT2D eigenvalue weighted by Gasteiger charge is 2.18. The molecule has 0 spiro atoms. The van der Waals surface area contributed by atoms with E-state index in [1.807, 2.05) is 31.2 Å². The molecule has 0 atom stereocenters. The van der Waals surface area contributed by atoms with E-state index in [2.05, 4.69) is 17.5 Å². The fourth-order valence-corrected chi connectivity index (χ4v) is 2.29. The summed E-state index contributed by atoms with van der Waals surface area (Å²) in [6.07, 6.45) is 5.95. The summed E-state index contributed by atoms with van der Waals surface area (Å²) < 4.78 is 0. The molecule has 108 valence electrons. The lowest BCUT2D eigenvalue weighted by Crippen LogP contribution is -2.44. The third kappa shape index (κ3) is 4.10. The fourth-order valence-electron chi connectivity index (χ4n) is 2.29. The van der Waals surface area contributed by atoms with Crippen LogP contribution in [0.15, 0.2) is 36.4 Å². The Balaban J connectivity index is 1.94. The van der Waals surface area contributed by atoms with Gasteiger partial charge in [0.15, 0.2) is 0 Å². The van der Waals surface area contributed by atoms with Gasteiger partial charge in [0.1, 0.15) is 0 Å². The van der Waals surface area contributed by atoms with Crippen LogP contribution < -0.4 is 5.32 Å². The second kappa shape index (κ2) is 7.10. The molecule has 1 aromatic carbocycles. The van der Waals surface area contributed by atoms with Gasteiger partial charge in [0.2, 0.25) is 0 Å². The van der Waals surface area contributed by atoms with Crippen LogP contribution in [-0.4, -0.2) is 35.2 Å². The Labute approximate surface area is 120 Å². The molecule has 0 bridgehead atoms. The number of rotatable bonds is 5. The number of carbonyl (C=O) groups is 1. The molecule has 0 radical (unpaired) electrons. The summed E-state index contributed by atoms with van der Waals surface area (Å²) in [7, 11) is 0. The molecule has 4 heteroatoms. The zero-order chi connectivity index (χ0) is 14.4. The van der Waals surface area contributed by atoms with Crippen molar-refractivity contribution in [2.75, 3.05) is 13.2 Å². The molecule has 0 heterocycles. The lowest BCUT2D eigenvalue weighted by molar-refractivity contribution is 0.171. The standard InChI is InChI=1S/C16H22N2O2/c1-13-6-8-14(9-7-13)12-18(10-11-19)16(20)17-15-4-2-3-5-15/h2-3,6-9,15,19H,4-5,10-12H2,1H3,(H,17,20). The van der Waals surface area contributed by atoms with Gasteiger partial charge in [-0.05, 0) is 25.3 Å². The monoisotopic (exact) mass is 274 g/mol. The van der Waals surface area contributed by atoms with Gasteiger partial charge in [-0.15, -0.1) is 0 Å². The Morgan fingerprint density at radius 3 is 2.55 bits per heavy atom. The number of aryl methyl sites for hydroxylation is 1. The summed E-state index contributed by atoms with van der Waals surface area (Å²) in [6.45, 7) is 2.88. The maximum atomic E-state index is 12.2. The van der Waals surface area contributed by atoms with E-state index < -0.39 is 0 Å². The Morgan fingerprint density at radius 2 is 1.95 bits per heavy atom. The van der Waals surface area contributed by atoms with Crippen molar-refractivity contribution in [1.82, 2.24) is 10.2 Å². The topological polar surface area (TPSA) is 52.6 Å². The second-order valence-corrected chi connectivity index (χ2v) is 5.22. The van der Waals surface area contributed by atoms with Crippen LogP contribution in [0.2, 0.25) is 0 Å². The maximum Gasteiger partial charge on any atom is 0.318 e. The second-order valence-electron chi connectivity index (χ2n) is 5.22. The first-order chi connectivity index (χ1) is 9.69. The number of urea groups is 1. The van der Waals surface area contributed by atoms with Gasteiger partial charge in [-0.2, -0.15) is 0 Å². The molecule has 1 aromatic rings. The van der Waals surface area contributed by atoms with E-state index in [4.69, 9.17) is 5.11 Å². The van der Waals surface area contributed by atoms with E-state index >= 15 is 0 Å². The van der Waals surface area contributed by atoms with Crippen molar-refractivity contribution in [2.45, 2.75) is 32.4 Å². The number of hydrogen-bond acceptors (Lipinski definition) is 2. The van der Waals surface area contributed by atoms with Crippen LogP contribution in [0, 0.1) is 6.92 Å². The SMILES string of the molecule is Cc1ccc(CN(CCO)C(=O)NC2CC=CC2)cc1. The van der Waals surface area contributed by atoms with Crippen LogP contribution >= 0.6 is 0 Å². The molecular formula is C16H22N2O2. The molecule has 0 aliphatic heterocycles. The van der Waals surface area contributed by atoms with Crippen molar-refractivity contribution >= 4 is 6.03 Å². The summed E-state index contributed by atoms with van der Waals surface area (Å²) in [5.41, 5.74) is 2.27. The smallest absolute Gasteiger partial charge is 0.318 e. The summed E-state index contributed by atoms with van der Waals surface area (Å²) >= 11 is 0. The normalized spacial score (nSPS) is 14.5. The Kier molecular flexibility index (Phi) is 5.18. The van der Waals surface area contributed by atoms with Crippen LogP contribution in [0.3, 0.4) is 0 Å². The zero-order valence-corrected chi connectivity index (χ0v) is 11.9. The highest BCUT2D eigenvalue weighted by molar-refractivity contribution is 5.74. The number of benzene rings is 1. The molecule has 2 amide bonds. The van der Waals surface area contributed by atoms with Gasteiger partial charge in [0.05, 0.1) is 6.61 Å². The Morgan fingerprint density at radius 1 is 1.30 bits per heavy atom. The third-order valence-corrected chi connectivity index (χ3v) is 3.49. The van der Waals surface area contributed by atoms with E-state index in [1.54, 1.807) is 4.90 Å². The van der Waals surface area contributed by atoms with Crippen LogP contribution in [0.25, 0.3) is 0 Å². The number of hydrogen-bond donors (Lipinski definition) is 2. The van der Waals surface area contributed by atoms with Crippen LogP contribution in [0.5, 0.6) is 0 Å². The van der Waals surface area contributed by atoms with Gasteiger partial charge in [-0.1, -0.05) is 42.0 Å². The number of nitrogens with one attached hydrogen (secondary N) is 1. The number of aliphatic hydroxyl groups excluding tert-OH is 1. The number of carbonyl (C=O) groups excluding carboxylic acids is 1. The van der Waals surface area contributed by atoms with Crippen LogP contribution in [-0.2, 0) is 6.54 Å². The number of aliphatic hydroxyl groups is 1. The molecule has 2 rings (SSSR count). The molecule has 0 unspecified atom stereocenters. The minimum Gasteiger partial charge on any atom is -0.395 e. The van der Waals surface area contributed by atoms with Crippen molar-refractivity contribution in [3.63, 3.8) is 0 Å². The molecule has 0 aromatic heterocycles. The van der Waals surface area contributed by atoms with Gasteiger partial charge in [0.25, 0.3) is 0 Å².